The van der Waals surface area contributed by atoms with Crippen molar-refractivity contribution < 1.29 is 9.90 Å². The van der Waals surface area contributed by atoms with E-state index in [1.807, 2.05) is 18.2 Å². The zero-order valence-corrected chi connectivity index (χ0v) is 12.8. The van der Waals surface area contributed by atoms with Gasteiger partial charge >= 0.3 is 5.97 Å². The lowest BCUT2D eigenvalue weighted by Gasteiger charge is -2.23. The molecule has 1 heterocycles. The van der Waals surface area contributed by atoms with Crippen molar-refractivity contribution >= 4 is 22.7 Å². The first-order valence-electron chi connectivity index (χ1n) is 7.46. The third-order valence-corrected chi connectivity index (χ3v) is 4.09. The van der Waals surface area contributed by atoms with Gasteiger partial charge in [-0.15, -0.1) is 0 Å². The molecule has 2 rings (SSSR count). The molecule has 2 aromatic rings. The van der Waals surface area contributed by atoms with Crippen molar-refractivity contribution in [2.24, 2.45) is 5.92 Å². The fourth-order valence-electron chi connectivity index (χ4n) is 2.77. The van der Waals surface area contributed by atoms with Crippen molar-refractivity contribution in [1.82, 2.24) is 4.98 Å². The van der Waals surface area contributed by atoms with Crippen LogP contribution in [0.4, 0.5) is 5.82 Å². The lowest BCUT2D eigenvalue weighted by molar-refractivity contribution is 0.0699. The van der Waals surface area contributed by atoms with Crippen molar-refractivity contribution in [3.63, 3.8) is 0 Å². The van der Waals surface area contributed by atoms with E-state index in [1.54, 1.807) is 12.1 Å². The van der Waals surface area contributed by atoms with Crippen molar-refractivity contribution in [3.05, 3.63) is 35.9 Å². The summed E-state index contributed by atoms with van der Waals surface area (Å²) < 4.78 is 0. The van der Waals surface area contributed by atoms with Gasteiger partial charge in [0.15, 0.2) is 0 Å². The first-order chi connectivity index (χ1) is 10.1. The summed E-state index contributed by atoms with van der Waals surface area (Å²) in [5, 5.41) is 13.3. The van der Waals surface area contributed by atoms with Gasteiger partial charge in [0, 0.05) is 11.4 Å². The van der Waals surface area contributed by atoms with Crippen LogP contribution >= 0.6 is 0 Å². The van der Waals surface area contributed by atoms with Crippen LogP contribution in [0, 0.1) is 5.92 Å². The van der Waals surface area contributed by atoms with Crippen LogP contribution in [0.15, 0.2) is 30.3 Å². The van der Waals surface area contributed by atoms with Crippen LogP contribution in [0.1, 0.15) is 44.0 Å². The van der Waals surface area contributed by atoms with Crippen molar-refractivity contribution in [3.8, 4) is 0 Å². The number of carboxylic acids is 1. The number of nitrogens with one attached hydrogen (secondary N) is 1. The van der Waals surface area contributed by atoms with Crippen molar-refractivity contribution in [2.75, 3.05) is 5.32 Å². The smallest absolute Gasteiger partial charge is 0.336 e. The molecule has 0 radical (unpaired) electrons. The highest BCUT2D eigenvalue weighted by molar-refractivity contribution is 6.02. The summed E-state index contributed by atoms with van der Waals surface area (Å²) in [6, 6.07) is 9.20. The summed E-state index contributed by atoms with van der Waals surface area (Å²) in [6.45, 7) is 6.55. The largest absolute Gasteiger partial charge is 0.478 e. The van der Waals surface area contributed by atoms with E-state index in [0.717, 1.165) is 18.7 Å². The van der Waals surface area contributed by atoms with Gasteiger partial charge in [-0.3, -0.25) is 0 Å². The minimum absolute atomic E-state index is 0.291. The SMILES string of the molecule is CCC(CC)C(C)Nc1ccc2c(C(=O)O)cccc2n1. The number of nitrogens with zero attached hydrogens (tertiary/aromatic N) is 1. The Labute approximate surface area is 125 Å². The number of carboxylic acid groups (broad SMARTS) is 1. The second-order valence-corrected chi connectivity index (χ2v) is 5.38. The molecule has 112 valence electrons. The highest BCUT2D eigenvalue weighted by atomic mass is 16.4. The van der Waals surface area contributed by atoms with Crippen LogP contribution in [-0.4, -0.2) is 22.1 Å². The molecule has 4 heteroatoms. The number of hydrogen-bond donors (Lipinski definition) is 2. The van der Waals surface area contributed by atoms with E-state index >= 15 is 0 Å². The van der Waals surface area contributed by atoms with Crippen LogP contribution in [0.5, 0.6) is 0 Å². The average Bonchev–Trinajstić information content (AvgIpc) is 2.47. The molecule has 0 spiro atoms. The molecule has 0 bridgehead atoms. The molecule has 1 atom stereocenters. The maximum Gasteiger partial charge on any atom is 0.336 e. The van der Waals surface area contributed by atoms with E-state index in [1.165, 1.54) is 0 Å². The summed E-state index contributed by atoms with van der Waals surface area (Å²) in [4.78, 5) is 15.7. The molecule has 1 unspecified atom stereocenters. The minimum Gasteiger partial charge on any atom is -0.478 e. The second-order valence-electron chi connectivity index (χ2n) is 5.38. The van der Waals surface area contributed by atoms with E-state index in [0.29, 0.717) is 28.4 Å². The number of aromatic carboxylic acids is 1. The molecule has 0 aliphatic carbocycles. The monoisotopic (exact) mass is 286 g/mol. The highest BCUT2D eigenvalue weighted by Crippen LogP contribution is 2.22. The molecule has 0 aliphatic heterocycles. The minimum atomic E-state index is -0.923. The fourth-order valence-corrected chi connectivity index (χ4v) is 2.77. The van der Waals surface area contributed by atoms with E-state index in [9.17, 15) is 9.90 Å². The summed E-state index contributed by atoms with van der Waals surface area (Å²) in [7, 11) is 0. The van der Waals surface area contributed by atoms with Crippen LogP contribution in [0.3, 0.4) is 0 Å². The first-order valence-corrected chi connectivity index (χ1v) is 7.46. The highest BCUT2D eigenvalue weighted by Gasteiger charge is 2.14. The van der Waals surface area contributed by atoms with E-state index in [2.05, 4.69) is 31.1 Å². The molecule has 0 aliphatic rings. The first kappa shape index (κ1) is 15.3. The number of fused-ring (bicyclic) bond motifs is 1. The Morgan fingerprint density at radius 1 is 1.24 bits per heavy atom. The number of carbonyl (C=O) groups is 1. The Morgan fingerprint density at radius 2 is 1.95 bits per heavy atom. The van der Waals surface area contributed by atoms with E-state index in [-0.39, 0.29) is 0 Å². The van der Waals surface area contributed by atoms with Crippen LogP contribution in [-0.2, 0) is 0 Å². The van der Waals surface area contributed by atoms with Gasteiger partial charge in [-0.05, 0) is 37.1 Å². The predicted molar refractivity (Wildman–Crippen MR) is 85.9 cm³/mol. The second kappa shape index (κ2) is 6.57. The number of aromatic nitrogens is 1. The van der Waals surface area contributed by atoms with Crippen molar-refractivity contribution in [2.45, 2.75) is 39.7 Å². The normalized spacial score (nSPS) is 12.6. The maximum atomic E-state index is 11.2. The number of benzene rings is 1. The summed E-state index contributed by atoms with van der Waals surface area (Å²) in [5.41, 5.74) is 0.997. The molecule has 2 N–H and O–H groups in total. The molecular weight excluding hydrogens is 264 g/mol. The van der Waals surface area contributed by atoms with Crippen molar-refractivity contribution in [1.29, 1.82) is 0 Å². The molecule has 4 nitrogen and oxygen atoms in total. The standard InChI is InChI=1S/C17H22N2O2/c1-4-12(5-2)11(3)18-16-10-9-13-14(17(20)21)7-6-8-15(13)19-16/h6-12H,4-5H2,1-3H3,(H,18,19)(H,20,21). The molecular formula is C17H22N2O2. The number of hydrogen-bond acceptors (Lipinski definition) is 3. The van der Waals surface area contributed by atoms with Gasteiger partial charge in [-0.25, -0.2) is 9.78 Å². The Morgan fingerprint density at radius 3 is 2.57 bits per heavy atom. The molecule has 0 amide bonds. The van der Waals surface area contributed by atoms with Gasteiger partial charge in [0.1, 0.15) is 5.82 Å². The number of rotatable bonds is 6. The summed E-state index contributed by atoms with van der Waals surface area (Å²) in [6.07, 6.45) is 2.25. The zero-order valence-electron chi connectivity index (χ0n) is 12.8. The Bertz CT molecular complexity index is 636. The molecule has 0 fully saturated rings. The Hall–Kier alpha value is -2.10. The Balaban J connectivity index is 2.30. The fraction of sp³-hybridized carbons (Fsp3) is 0.412. The molecule has 21 heavy (non-hydrogen) atoms. The third-order valence-electron chi connectivity index (χ3n) is 4.09. The molecule has 1 aromatic carbocycles. The number of anilines is 1. The average molecular weight is 286 g/mol. The van der Waals surface area contributed by atoms with Crippen LogP contribution < -0.4 is 5.32 Å². The summed E-state index contributed by atoms with van der Waals surface area (Å²) >= 11 is 0. The van der Waals surface area contributed by atoms with Crippen LogP contribution in [0.2, 0.25) is 0 Å². The quantitative estimate of drug-likeness (QED) is 0.836. The summed E-state index contributed by atoms with van der Waals surface area (Å²) in [5.74, 6) is 0.478. The molecule has 0 saturated carbocycles. The van der Waals surface area contributed by atoms with E-state index < -0.39 is 5.97 Å². The van der Waals surface area contributed by atoms with E-state index in [4.69, 9.17) is 0 Å². The van der Waals surface area contributed by atoms with Crippen LogP contribution in [0.25, 0.3) is 10.9 Å². The van der Waals surface area contributed by atoms with Gasteiger partial charge in [-0.1, -0.05) is 32.8 Å². The Kier molecular flexibility index (Phi) is 4.78. The third kappa shape index (κ3) is 3.32. The lowest BCUT2D eigenvalue weighted by atomic mass is 9.95. The zero-order chi connectivity index (χ0) is 15.4. The maximum absolute atomic E-state index is 11.2. The number of pyridine rings is 1. The van der Waals surface area contributed by atoms with Gasteiger partial charge < -0.3 is 10.4 Å². The van der Waals surface area contributed by atoms with Gasteiger partial charge in [0.25, 0.3) is 0 Å². The van der Waals surface area contributed by atoms with Gasteiger partial charge in [-0.2, -0.15) is 0 Å². The molecule has 1 aromatic heterocycles. The molecule has 0 saturated heterocycles. The van der Waals surface area contributed by atoms with Gasteiger partial charge in [0.2, 0.25) is 0 Å². The van der Waals surface area contributed by atoms with Gasteiger partial charge in [0.05, 0.1) is 11.1 Å². The topological polar surface area (TPSA) is 62.2 Å². The lowest BCUT2D eigenvalue weighted by Crippen LogP contribution is -2.25. The predicted octanol–water partition coefficient (Wildman–Crippen LogP) is 4.17.